The van der Waals surface area contributed by atoms with Gasteiger partial charge in [0.2, 0.25) is 0 Å². The van der Waals surface area contributed by atoms with Crippen molar-refractivity contribution in [2.45, 2.75) is 0 Å². The molecule has 0 aliphatic rings. The summed E-state index contributed by atoms with van der Waals surface area (Å²) in [5.41, 5.74) is 1.70. The molecule has 1 aromatic heterocycles. The average Bonchev–Trinajstić information content (AvgIpc) is 2.47. The Morgan fingerprint density at radius 1 is 0.900 bits per heavy atom. The van der Waals surface area contributed by atoms with Gasteiger partial charge < -0.3 is 5.32 Å². The summed E-state index contributed by atoms with van der Waals surface area (Å²) in [5, 5.41) is 6.38. The summed E-state index contributed by atoms with van der Waals surface area (Å²) in [6, 6.07) is 16.1. The Morgan fingerprint density at radius 2 is 1.65 bits per heavy atom. The lowest BCUT2D eigenvalue weighted by Gasteiger charge is -2.09. The van der Waals surface area contributed by atoms with E-state index in [9.17, 15) is 0 Å². The number of fused-ring (bicyclic) bond motifs is 1. The molecular formula is C16H12Cl2N2. The second-order valence-electron chi connectivity index (χ2n) is 4.46. The first-order valence-corrected chi connectivity index (χ1v) is 6.97. The molecule has 0 saturated heterocycles. The number of hydrogen-bond acceptors (Lipinski definition) is 2. The fraction of sp³-hybridized carbons (Fsp3) is 0.0625. The Balaban J connectivity index is 2.19. The molecule has 2 aromatic carbocycles. The number of hydrogen-bond donors (Lipinski definition) is 1. The molecule has 0 radical (unpaired) electrons. The summed E-state index contributed by atoms with van der Waals surface area (Å²) < 4.78 is 0. The van der Waals surface area contributed by atoms with Crippen LogP contribution >= 0.6 is 23.2 Å². The number of anilines is 1. The topological polar surface area (TPSA) is 24.9 Å². The maximum atomic E-state index is 6.27. The molecule has 0 aliphatic heterocycles. The molecule has 100 valence electrons. The summed E-state index contributed by atoms with van der Waals surface area (Å²) in [7, 11) is 1.78. The summed E-state index contributed by atoms with van der Waals surface area (Å²) in [5.74, 6) is 0.624. The van der Waals surface area contributed by atoms with Gasteiger partial charge in [-0.25, -0.2) is 4.98 Å². The minimum atomic E-state index is 0.516. The maximum absolute atomic E-state index is 6.27. The molecule has 0 saturated carbocycles. The van der Waals surface area contributed by atoms with Gasteiger partial charge in [0.25, 0.3) is 0 Å². The van der Waals surface area contributed by atoms with E-state index < -0.39 is 0 Å². The standard InChI is InChI=1S/C16H12Cl2N2/c1-19-16-14(18)9-13(17)15(20-16)12-7-6-10-4-2-3-5-11(10)8-12/h2-9H,1H3,(H,19,20). The molecule has 1 heterocycles. The highest BCUT2D eigenvalue weighted by Gasteiger charge is 2.10. The monoisotopic (exact) mass is 302 g/mol. The van der Waals surface area contributed by atoms with E-state index in [0.717, 1.165) is 16.6 Å². The third-order valence-corrected chi connectivity index (χ3v) is 3.77. The normalized spacial score (nSPS) is 10.8. The Bertz CT molecular complexity index is 785. The van der Waals surface area contributed by atoms with E-state index >= 15 is 0 Å². The van der Waals surface area contributed by atoms with E-state index in [2.05, 4.69) is 34.6 Å². The fourth-order valence-corrected chi connectivity index (χ4v) is 2.74. The van der Waals surface area contributed by atoms with Gasteiger partial charge >= 0.3 is 0 Å². The average molecular weight is 303 g/mol. The van der Waals surface area contributed by atoms with Gasteiger partial charge in [-0.15, -0.1) is 0 Å². The van der Waals surface area contributed by atoms with Gasteiger partial charge in [0.05, 0.1) is 15.7 Å². The zero-order valence-corrected chi connectivity index (χ0v) is 12.3. The molecule has 0 amide bonds. The highest BCUT2D eigenvalue weighted by molar-refractivity contribution is 6.37. The minimum absolute atomic E-state index is 0.516. The third-order valence-electron chi connectivity index (χ3n) is 3.19. The molecule has 3 rings (SSSR count). The second-order valence-corrected chi connectivity index (χ2v) is 5.28. The molecule has 0 atom stereocenters. The van der Waals surface area contributed by atoms with Crippen molar-refractivity contribution in [1.82, 2.24) is 4.98 Å². The molecule has 0 fully saturated rings. The predicted molar refractivity (Wildman–Crippen MR) is 86.7 cm³/mol. The van der Waals surface area contributed by atoms with Crippen LogP contribution in [0.4, 0.5) is 5.82 Å². The van der Waals surface area contributed by atoms with Gasteiger partial charge in [-0.1, -0.05) is 59.6 Å². The van der Waals surface area contributed by atoms with Crippen LogP contribution in [0.5, 0.6) is 0 Å². The van der Waals surface area contributed by atoms with Crippen molar-refractivity contribution in [3.63, 3.8) is 0 Å². The number of nitrogens with zero attached hydrogens (tertiary/aromatic N) is 1. The van der Waals surface area contributed by atoms with E-state index in [-0.39, 0.29) is 0 Å². The Labute approximate surface area is 127 Å². The molecule has 20 heavy (non-hydrogen) atoms. The van der Waals surface area contributed by atoms with Crippen LogP contribution in [0.3, 0.4) is 0 Å². The van der Waals surface area contributed by atoms with Crippen LogP contribution in [-0.4, -0.2) is 12.0 Å². The fourth-order valence-electron chi connectivity index (χ4n) is 2.18. The van der Waals surface area contributed by atoms with E-state index in [1.165, 1.54) is 5.39 Å². The zero-order chi connectivity index (χ0) is 14.1. The van der Waals surface area contributed by atoms with Crippen molar-refractivity contribution in [1.29, 1.82) is 0 Å². The van der Waals surface area contributed by atoms with Crippen LogP contribution < -0.4 is 5.32 Å². The molecule has 3 aromatic rings. The number of rotatable bonds is 2. The van der Waals surface area contributed by atoms with Crippen molar-refractivity contribution in [2.24, 2.45) is 0 Å². The molecule has 0 spiro atoms. The van der Waals surface area contributed by atoms with Crippen LogP contribution in [0, 0.1) is 0 Å². The van der Waals surface area contributed by atoms with E-state index in [1.807, 2.05) is 18.2 Å². The van der Waals surface area contributed by atoms with Crippen molar-refractivity contribution in [3.8, 4) is 11.3 Å². The number of benzene rings is 2. The van der Waals surface area contributed by atoms with Gasteiger partial charge in [0.1, 0.15) is 5.82 Å². The van der Waals surface area contributed by atoms with Gasteiger partial charge in [-0.3, -0.25) is 0 Å². The quantitative estimate of drug-likeness (QED) is 0.699. The first-order valence-electron chi connectivity index (χ1n) is 6.22. The molecule has 0 bridgehead atoms. The number of pyridine rings is 1. The van der Waals surface area contributed by atoms with Crippen molar-refractivity contribution in [2.75, 3.05) is 12.4 Å². The van der Waals surface area contributed by atoms with Gasteiger partial charge in [-0.2, -0.15) is 0 Å². The second kappa shape index (κ2) is 5.31. The minimum Gasteiger partial charge on any atom is -0.372 e. The van der Waals surface area contributed by atoms with Crippen LogP contribution in [0.2, 0.25) is 10.0 Å². The SMILES string of the molecule is CNc1nc(-c2ccc3ccccc3c2)c(Cl)cc1Cl. The van der Waals surface area contributed by atoms with Gasteiger partial charge in [0, 0.05) is 12.6 Å². The van der Waals surface area contributed by atoms with Crippen molar-refractivity contribution >= 4 is 39.8 Å². The third kappa shape index (κ3) is 2.33. The van der Waals surface area contributed by atoms with E-state index in [0.29, 0.717) is 15.9 Å². The zero-order valence-electron chi connectivity index (χ0n) is 10.8. The lowest BCUT2D eigenvalue weighted by molar-refractivity contribution is 1.29. The Hall–Kier alpha value is -1.77. The van der Waals surface area contributed by atoms with E-state index in [4.69, 9.17) is 23.2 Å². The molecule has 4 heteroatoms. The van der Waals surface area contributed by atoms with Crippen LogP contribution in [-0.2, 0) is 0 Å². The van der Waals surface area contributed by atoms with Gasteiger partial charge in [0.15, 0.2) is 0 Å². The van der Waals surface area contributed by atoms with Crippen LogP contribution in [0.1, 0.15) is 0 Å². The summed E-state index contributed by atoms with van der Waals surface area (Å²) in [6.07, 6.45) is 0. The molecule has 2 nitrogen and oxygen atoms in total. The number of aromatic nitrogens is 1. The van der Waals surface area contributed by atoms with Crippen molar-refractivity contribution < 1.29 is 0 Å². The van der Waals surface area contributed by atoms with Crippen LogP contribution in [0.15, 0.2) is 48.5 Å². The molecule has 1 N–H and O–H groups in total. The van der Waals surface area contributed by atoms with Gasteiger partial charge in [-0.05, 0) is 22.9 Å². The van der Waals surface area contributed by atoms with Crippen LogP contribution in [0.25, 0.3) is 22.0 Å². The van der Waals surface area contributed by atoms with E-state index in [1.54, 1.807) is 13.1 Å². The summed E-state index contributed by atoms with van der Waals surface area (Å²) >= 11 is 12.3. The smallest absolute Gasteiger partial charge is 0.145 e. The highest BCUT2D eigenvalue weighted by Crippen LogP contribution is 2.33. The molecule has 0 aliphatic carbocycles. The highest BCUT2D eigenvalue weighted by atomic mass is 35.5. The largest absolute Gasteiger partial charge is 0.372 e. The Kier molecular flexibility index (Phi) is 3.51. The maximum Gasteiger partial charge on any atom is 0.145 e. The van der Waals surface area contributed by atoms with Crippen molar-refractivity contribution in [3.05, 3.63) is 58.6 Å². The summed E-state index contributed by atoms with van der Waals surface area (Å²) in [4.78, 5) is 4.49. The molecule has 0 unspecified atom stereocenters. The lowest BCUT2D eigenvalue weighted by Crippen LogP contribution is -1.96. The lowest BCUT2D eigenvalue weighted by atomic mass is 10.0. The number of halogens is 2. The summed E-state index contributed by atoms with van der Waals surface area (Å²) in [6.45, 7) is 0. The number of nitrogens with one attached hydrogen (secondary N) is 1. The predicted octanol–water partition coefficient (Wildman–Crippen LogP) is 5.25. The molecular weight excluding hydrogens is 291 g/mol. The Morgan fingerprint density at radius 3 is 2.40 bits per heavy atom. The first-order chi connectivity index (χ1) is 9.69. The first kappa shape index (κ1) is 13.2.